The summed E-state index contributed by atoms with van der Waals surface area (Å²) in [5.41, 5.74) is 1.65. The molecule has 1 amide bonds. The maximum atomic E-state index is 11.9. The van der Waals surface area contributed by atoms with Gasteiger partial charge in [0.25, 0.3) is 0 Å². The van der Waals surface area contributed by atoms with Gasteiger partial charge in [-0.05, 0) is 30.7 Å². The van der Waals surface area contributed by atoms with E-state index in [4.69, 9.17) is 10.4 Å². The van der Waals surface area contributed by atoms with Crippen LogP contribution < -0.4 is 5.32 Å². The first kappa shape index (κ1) is 16.2. The first-order valence-corrected chi connectivity index (χ1v) is 6.78. The average molecular weight is 275 g/mol. The normalized spacial score (nSPS) is 10.3. The van der Waals surface area contributed by atoms with Crippen LogP contribution in [0.3, 0.4) is 0 Å². The van der Waals surface area contributed by atoms with Gasteiger partial charge in [-0.15, -0.1) is 0 Å². The second-order valence-electron chi connectivity index (χ2n) is 4.58. The van der Waals surface area contributed by atoms with Crippen LogP contribution >= 0.6 is 0 Å². The van der Waals surface area contributed by atoms with Crippen LogP contribution in [0.15, 0.2) is 24.3 Å². The van der Waals surface area contributed by atoms with Crippen molar-refractivity contribution in [3.8, 4) is 6.07 Å². The standard InChI is InChI=1S/C15H21N3O2/c1-2-9-18(10-11-19)12-15(20)17-14-5-3-13(4-6-14)7-8-16/h3-6,19H,2,7,9-12H2,1H3,(H,17,20). The molecule has 0 heterocycles. The Hall–Kier alpha value is -1.90. The number of amides is 1. The molecule has 0 aliphatic rings. The van der Waals surface area contributed by atoms with Gasteiger partial charge in [-0.1, -0.05) is 19.1 Å². The number of carbonyl (C=O) groups excluding carboxylic acids is 1. The molecular formula is C15H21N3O2. The number of nitriles is 1. The monoisotopic (exact) mass is 275 g/mol. The minimum absolute atomic E-state index is 0.0517. The highest BCUT2D eigenvalue weighted by molar-refractivity contribution is 5.92. The maximum absolute atomic E-state index is 11.9. The van der Waals surface area contributed by atoms with E-state index < -0.39 is 0 Å². The van der Waals surface area contributed by atoms with Crippen molar-refractivity contribution in [1.82, 2.24) is 4.90 Å². The Bertz CT molecular complexity index is 445. The topological polar surface area (TPSA) is 76.4 Å². The fourth-order valence-corrected chi connectivity index (χ4v) is 1.93. The van der Waals surface area contributed by atoms with Gasteiger partial charge in [0.05, 0.1) is 25.6 Å². The van der Waals surface area contributed by atoms with Gasteiger partial charge in [0.15, 0.2) is 0 Å². The van der Waals surface area contributed by atoms with Gasteiger partial charge < -0.3 is 10.4 Å². The molecule has 1 aromatic carbocycles. The molecule has 0 spiro atoms. The lowest BCUT2D eigenvalue weighted by atomic mass is 10.1. The lowest BCUT2D eigenvalue weighted by Gasteiger charge is -2.19. The molecule has 2 N–H and O–H groups in total. The number of aliphatic hydroxyl groups is 1. The fraction of sp³-hybridized carbons (Fsp3) is 0.467. The molecule has 1 aromatic rings. The van der Waals surface area contributed by atoms with Crippen molar-refractivity contribution < 1.29 is 9.90 Å². The van der Waals surface area contributed by atoms with Crippen LogP contribution in [0, 0.1) is 11.3 Å². The first-order chi connectivity index (χ1) is 9.69. The van der Waals surface area contributed by atoms with Crippen LogP contribution in [0.2, 0.25) is 0 Å². The number of nitrogens with one attached hydrogen (secondary N) is 1. The van der Waals surface area contributed by atoms with E-state index in [1.807, 2.05) is 24.0 Å². The molecule has 0 radical (unpaired) electrons. The van der Waals surface area contributed by atoms with Crippen molar-refractivity contribution in [2.75, 3.05) is 31.6 Å². The SMILES string of the molecule is CCCN(CCO)CC(=O)Nc1ccc(CC#N)cc1. The predicted molar refractivity (Wildman–Crippen MR) is 78.2 cm³/mol. The third kappa shape index (κ3) is 5.83. The molecular weight excluding hydrogens is 254 g/mol. The van der Waals surface area contributed by atoms with E-state index in [0.717, 1.165) is 24.2 Å². The third-order valence-corrected chi connectivity index (χ3v) is 2.84. The Morgan fingerprint density at radius 2 is 2.05 bits per heavy atom. The van der Waals surface area contributed by atoms with Crippen molar-refractivity contribution in [1.29, 1.82) is 5.26 Å². The molecule has 5 nitrogen and oxygen atoms in total. The summed E-state index contributed by atoms with van der Waals surface area (Å²) in [6.07, 6.45) is 1.31. The van der Waals surface area contributed by atoms with E-state index in [1.54, 1.807) is 12.1 Å². The molecule has 0 aromatic heterocycles. The molecule has 0 atom stereocenters. The largest absolute Gasteiger partial charge is 0.395 e. The highest BCUT2D eigenvalue weighted by Gasteiger charge is 2.09. The summed E-state index contributed by atoms with van der Waals surface area (Å²) in [6.45, 7) is 3.65. The van der Waals surface area contributed by atoms with Gasteiger partial charge in [-0.2, -0.15) is 5.26 Å². The van der Waals surface area contributed by atoms with Gasteiger partial charge in [0, 0.05) is 12.2 Å². The van der Waals surface area contributed by atoms with Gasteiger partial charge in [0.2, 0.25) is 5.91 Å². The zero-order valence-electron chi connectivity index (χ0n) is 11.8. The fourth-order valence-electron chi connectivity index (χ4n) is 1.93. The minimum Gasteiger partial charge on any atom is -0.395 e. The second-order valence-corrected chi connectivity index (χ2v) is 4.58. The lowest BCUT2D eigenvalue weighted by Crippen LogP contribution is -2.35. The molecule has 1 rings (SSSR count). The van der Waals surface area contributed by atoms with Crippen LogP contribution in [0.5, 0.6) is 0 Å². The molecule has 0 aliphatic heterocycles. The number of hydrogen-bond donors (Lipinski definition) is 2. The van der Waals surface area contributed by atoms with Crippen molar-refractivity contribution in [3.05, 3.63) is 29.8 Å². The molecule has 0 aliphatic carbocycles. The molecule has 20 heavy (non-hydrogen) atoms. The molecule has 0 saturated heterocycles. The number of aliphatic hydroxyl groups excluding tert-OH is 1. The minimum atomic E-state index is -0.0973. The van der Waals surface area contributed by atoms with Crippen LogP contribution in [0.4, 0.5) is 5.69 Å². The average Bonchev–Trinajstić information content (AvgIpc) is 2.42. The number of nitrogens with zero attached hydrogens (tertiary/aromatic N) is 2. The van der Waals surface area contributed by atoms with Crippen LogP contribution in [0.1, 0.15) is 18.9 Å². The quantitative estimate of drug-likeness (QED) is 0.752. The molecule has 0 fully saturated rings. The molecule has 5 heteroatoms. The number of carbonyl (C=O) groups is 1. The zero-order valence-corrected chi connectivity index (χ0v) is 11.8. The summed E-state index contributed by atoms with van der Waals surface area (Å²) in [7, 11) is 0. The van der Waals surface area contributed by atoms with Crippen LogP contribution in [-0.4, -0.2) is 42.2 Å². The maximum Gasteiger partial charge on any atom is 0.238 e. The summed E-state index contributed by atoms with van der Waals surface area (Å²) in [5.74, 6) is -0.0973. The van der Waals surface area contributed by atoms with Crippen molar-refractivity contribution >= 4 is 11.6 Å². The molecule has 108 valence electrons. The summed E-state index contributed by atoms with van der Waals surface area (Å²) in [4.78, 5) is 13.8. The third-order valence-electron chi connectivity index (χ3n) is 2.84. The van der Waals surface area contributed by atoms with Crippen LogP contribution in [-0.2, 0) is 11.2 Å². The Balaban J connectivity index is 2.50. The van der Waals surface area contributed by atoms with Crippen molar-refractivity contribution in [3.63, 3.8) is 0 Å². The van der Waals surface area contributed by atoms with Gasteiger partial charge >= 0.3 is 0 Å². The zero-order chi connectivity index (χ0) is 14.8. The Kier molecular flexibility index (Phi) is 7.33. The summed E-state index contributed by atoms with van der Waals surface area (Å²) >= 11 is 0. The number of anilines is 1. The smallest absolute Gasteiger partial charge is 0.238 e. The molecule has 0 saturated carbocycles. The molecule has 0 unspecified atom stereocenters. The van der Waals surface area contributed by atoms with E-state index in [0.29, 0.717) is 13.0 Å². The molecule has 0 bridgehead atoms. The summed E-state index contributed by atoms with van der Waals surface area (Å²) in [5, 5.41) is 20.3. The lowest BCUT2D eigenvalue weighted by molar-refractivity contribution is -0.117. The van der Waals surface area contributed by atoms with Crippen LogP contribution in [0.25, 0.3) is 0 Å². The van der Waals surface area contributed by atoms with E-state index in [2.05, 4.69) is 11.4 Å². The second kappa shape index (κ2) is 9.08. The first-order valence-electron chi connectivity index (χ1n) is 6.78. The van der Waals surface area contributed by atoms with Gasteiger partial charge in [-0.3, -0.25) is 9.69 Å². The predicted octanol–water partition coefficient (Wildman–Crippen LogP) is 1.40. The number of hydrogen-bond acceptors (Lipinski definition) is 4. The van der Waals surface area contributed by atoms with E-state index in [1.165, 1.54) is 0 Å². The number of benzene rings is 1. The van der Waals surface area contributed by atoms with Gasteiger partial charge in [-0.25, -0.2) is 0 Å². The van der Waals surface area contributed by atoms with Crippen molar-refractivity contribution in [2.45, 2.75) is 19.8 Å². The Morgan fingerprint density at radius 1 is 1.35 bits per heavy atom. The van der Waals surface area contributed by atoms with E-state index in [-0.39, 0.29) is 19.1 Å². The van der Waals surface area contributed by atoms with Gasteiger partial charge in [0.1, 0.15) is 0 Å². The summed E-state index contributed by atoms with van der Waals surface area (Å²) < 4.78 is 0. The highest BCUT2D eigenvalue weighted by atomic mass is 16.3. The van der Waals surface area contributed by atoms with E-state index >= 15 is 0 Å². The van der Waals surface area contributed by atoms with Crippen molar-refractivity contribution in [2.24, 2.45) is 0 Å². The Labute approximate surface area is 119 Å². The Morgan fingerprint density at radius 3 is 2.60 bits per heavy atom. The van der Waals surface area contributed by atoms with E-state index in [9.17, 15) is 4.79 Å². The number of rotatable bonds is 8. The highest BCUT2D eigenvalue weighted by Crippen LogP contribution is 2.10. The summed E-state index contributed by atoms with van der Waals surface area (Å²) in [6, 6.07) is 9.33.